The van der Waals surface area contributed by atoms with Gasteiger partial charge < -0.3 is 18.9 Å². The fourth-order valence-corrected chi connectivity index (χ4v) is 4.07. The minimum atomic E-state index is -4.92. The number of fused-ring (bicyclic) bond motifs is 3. The number of methoxy groups -OCH3 is 2. The summed E-state index contributed by atoms with van der Waals surface area (Å²) in [6.07, 6.45) is -6.01. The standard InChI is InChI=1S/C22H17ClF3N3O7/c1-33-18(30)21-10-12-9-13(23)3-8-16(12)17(21)27-28(11-35-21)19(31)29(20(32)34-2)14-4-6-15(7-5-14)36-22(24,25)26/h3-9H,10-11H2,1-2H3/t21-/m1/s1. The molecule has 1 heterocycles. The van der Waals surface area contributed by atoms with Gasteiger partial charge in [0.1, 0.15) is 18.2 Å². The Balaban J connectivity index is 1.70. The predicted octanol–water partition coefficient (Wildman–Crippen LogP) is 4.09. The second-order valence-corrected chi connectivity index (χ2v) is 7.98. The Kier molecular flexibility index (Phi) is 6.54. The summed E-state index contributed by atoms with van der Waals surface area (Å²) in [5.41, 5.74) is -0.582. The maximum absolute atomic E-state index is 13.3. The lowest BCUT2D eigenvalue weighted by molar-refractivity contribution is -0.274. The maximum Gasteiger partial charge on any atom is 0.573 e. The number of imide groups is 1. The minimum absolute atomic E-state index is 0.0534. The Labute approximate surface area is 206 Å². The number of alkyl halides is 3. The molecule has 1 aliphatic carbocycles. The van der Waals surface area contributed by atoms with Crippen molar-refractivity contribution in [2.24, 2.45) is 5.10 Å². The van der Waals surface area contributed by atoms with Crippen LogP contribution in [0.15, 0.2) is 47.6 Å². The van der Waals surface area contributed by atoms with Crippen molar-refractivity contribution in [2.45, 2.75) is 18.4 Å². The highest BCUT2D eigenvalue weighted by atomic mass is 35.5. The lowest BCUT2D eigenvalue weighted by Crippen LogP contribution is -2.56. The van der Waals surface area contributed by atoms with Crippen LogP contribution in [0.25, 0.3) is 0 Å². The van der Waals surface area contributed by atoms with Gasteiger partial charge in [-0.2, -0.15) is 15.0 Å². The quantitative estimate of drug-likeness (QED) is 0.553. The Morgan fingerprint density at radius 2 is 1.81 bits per heavy atom. The number of anilines is 1. The maximum atomic E-state index is 13.3. The third-order valence-electron chi connectivity index (χ3n) is 5.41. The molecule has 4 rings (SSSR count). The zero-order valence-corrected chi connectivity index (χ0v) is 19.4. The molecule has 0 saturated carbocycles. The van der Waals surface area contributed by atoms with Crippen LogP contribution in [-0.4, -0.2) is 61.7 Å². The highest BCUT2D eigenvalue weighted by Gasteiger charge is 2.55. The van der Waals surface area contributed by atoms with E-state index in [2.05, 4.69) is 14.6 Å². The number of ether oxygens (including phenoxy) is 4. The molecule has 2 aliphatic rings. The van der Waals surface area contributed by atoms with E-state index in [1.54, 1.807) is 18.2 Å². The number of nitrogens with zero attached hydrogens (tertiary/aromatic N) is 3. The van der Waals surface area contributed by atoms with Crippen LogP contribution < -0.4 is 9.64 Å². The first-order valence-electron chi connectivity index (χ1n) is 10.1. The van der Waals surface area contributed by atoms with Crippen molar-refractivity contribution in [3.05, 3.63) is 58.6 Å². The van der Waals surface area contributed by atoms with E-state index in [-0.39, 0.29) is 17.8 Å². The Morgan fingerprint density at radius 1 is 1.11 bits per heavy atom. The molecule has 36 heavy (non-hydrogen) atoms. The van der Waals surface area contributed by atoms with Crippen LogP contribution in [0, 0.1) is 0 Å². The third kappa shape index (κ3) is 4.54. The van der Waals surface area contributed by atoms with E-state index < -0.39 is 42.5 Å². The first kappa shape index (κ1) is 25.3. The molecule has 14 heteroatoms. The fraction of sp³-hybridized carbons (Fsp3) is 0.273. The van der Waals surface area contributed by atoms with Gasteiger partial charge in [0, 0.05) is 17.0 Å². The van der Waals surface area contributed by atoms with Crippen molar-refractivity contribution >= 4 is 41.1 Å². The molecule has 0 spiro atoms. The van der Waals surface area contributed by atoms with Gasteiger partial charge in [-0.15, -0.1) is 13.2 Å². The number of rotatable bonds is 3. The molecule has 0 bridgehead atoms. The predicted molar refractivity (Wildman–Crippen MR) is 118 cm³/mol. The van der Waals surface area contributed by atoms with E-state index in [0.717, 1.165) is 36.4 Å². The largest absolute Gasteiger partial charge is 0.573 e. The number of hydrazone groups is 1. The van der Waals surface area contributed by atoms with Crippen molar-refractivity contribution in [2.75, 3.05) is 25.9 Å². The molecule has 0 radical (unpaired) electrons. The van der Waals surface area contributed by atoms with Crippen LogP contribution in [0.5, 0.6) is 5.75 Å². The molecule has 2 aromatic carbocycles. The normalized spacial score (nSPS) is 18.5. The first-order valence-corrected chi connectivity index (χ1v) is 10.5. The summed E-state index contributed by atoms with van der Waals surface area (Å²) in [4.78, 5) is 39.0. The van der Waals surface area contributed by atoms with Gasteiger partial charge in [-0.1, -0.05) is 17.7 Å². The average Bonchev–Trinajstić information content (AvgIpc) is 3.17. The Bertz CT molecular complexity index is 1250. The topological polar surface area (TPSA) is 107 Å². The van der Waals surface area contributed by atoms with E-state index in [1.807, 2.05) is 0 Å². The van der Waals surface area contributed by atoms with E-state index in [1.165, 1.54) is 7.11 Å². The van der Waals surface area contributed by atoms with Gasteiger partial charge >= 0.3 is 24.5 Å². The average molecular weight is 528 g/mol. The zero-order valence-electron chi connectivity index (χ0n) is 18.7. The smallest absolute Gasteiger partial charge is 0.467 e. The molecule has 0 saturated heterocycles. The van der Waals surface area contributed by atoms with Crippen LogP contribution in [0.1, 0.15) is 11.1 Å². The summed E-state index contributed by atoms with van der Waals surface area (Å²) >= 11 is 6.07. The molecule has 3 amide bonds. The van der Waals surface area contributed by atoms with Gasteiger partial charge in [0.2, 0.25) is 5.60 Å². The van der Waals surface area contributed by atoms with Crippen molar-refractivity contribution < 1.29 is 46.5 Å². The van der Waals surface area contributed by atoms with Crippen molar-refractivity contribution in [3.8, 4) is 5.75 Å². The van der Waals surface area contributed by atoms with Gasteiger partial charge in [-0.3, -0.25) is 0 Å². The van der Waals surface area contributed by atoms with Crippen LogP contribution in [0.3, 0.4) is 0 Å². The zero-order chi connectivity index (χ0) is 26.3. The molecule has 2 aromatic rings. The number of esters is 1. The van der Waals surface area contributed by atoms with Crippen LogP contribution in [0.2, 0.25) is 5.02 Å². The van der Waals surface area contributed by atoms with E-state index in [0.29, 0.717) is 21.0 Å². The van der Waals surface area contributed by atoms with Crippen molar-refractivity contribution in [3.63, 3.8) is 0 Å². The molecule has 0 unspecified atom stereocenters. The molecule has 10 nitrogen and oxygen atoms in total. The molecule has 190 valence electrons. The van der Waals surface area contributed by atoms with Gasteiger partial charge in [0.15, 0.2) is 0 Å². The number of halogens is 4. The van der Waals surface area contributed by atoms with Crippen molar-refractivity contribution in [1.29, 1.82) is 0 Å². The fourth-order valence-electron chi connectivity index (χ4n) is 3.87. The molecule has 0 fully saturated rings. The summed E-state index contributed by atoms with van der Waals surface area (Å²) < 4.78 is 56.6. The number of benzene rings is 2. The van der Waals surface area contributed by atoms with E-state index >= 15 is 0 Å². The highest BCUT2D eigenvalue weighted by Crippen LogP contribution is 2.39. The lowest BCUT2D eigenvalue weighted by atomic mass is 9.97. The van der Waals surface area contributed by atoms with Crippen LogP contribution in [-0.2, 0) is 25.4 Å². The van der Waals surface area contributed by atoms with Gasteiger partial charge in [0.05, 0.1) is 19.9 Å². The first-order chi connectivity index (χ1) is 17.0. The van der Waals surface area contributed by atoms with E-state index in [9.17, 15) is 27.6 Å². The number of carbonyl (C=O) groups is 3. The summed E-state index contributed by atoms with van der Waals surface area (Å²) in [5.74, 6) is -1.31. The molecule has 0 N–H and O–H groups in total. The van der Waals surface area contributed by atoms with Gasteiger partial charge in [-0.05, 0) is 42.0 Å². The molecule has 1 aliphatic heterocycles. The van der Waals surface area contributed by atoms with Gasteiger partial charge in [-0.25, -0.2) is 14.4 Å². The molecular formula is C22H17ClF3N3O7. The number of carbonyl (C=O) groups excluding carboxylic acids is 3. The SMILES string of the molecule is COC(=O)N(C(=O)N1CO[C@]2(C(=O)OC)Cc3cc(Cl)ccc3C2=N1)c1ccc(OC(F)(F)F)cc1. The number of hydrogen-bond acceptors (Lipinski definition) is 8. The van der Waals surface area contributed by atoms with Crippen LogP contribution in [0.4, 0.5) is 28.4 Å². The summed E-state index contributed by atoms with van der Waals surface area (Å²) in [6, 6.07) is 7.70. The summed E-state index contributed by atoms with van der Waals surface area (Å²) in [6.45, 7) is -0.554. The number of hydrogen-bond donors (Lipinski definition) is 0. The van der Waals surface area contributed by atoms with Crippen molar-refractivity contribution in [1.82, 2.24) is 5.01 Å². The molecule has 1 atom stereocenters. The second-order valence-electron chi connectivity index (χ2n) is 7.55. The Morgan fingerprint density at radius 3 is 2.42 bits per heavy atom. The minimum Gasteiger partial charge on any atom is -0.467 e. The van der Waals surface area contributed by atoms with Gasteiger partial charge in [0.25, 0.3) is 0 Å². The summed E-state index contributed by atoms with van der Waals surface area (Å²) in [7, 11) is 2.19. The third-order valence-corrected chi connectivity index (χ3v) is 5.65. The highest BCUT2D eigenvalue weighted by molar-refractivity contribution is 6.31. The Hall–Kier alpha value is -3.84. The lowest BCUT2D eigenvalue weighted by Gasteiger charge is -2.35. The monoisotopic (exact) mass is 527 g/mol. The van der Waals surface area contributed by atoms with Crippen LogP contribution >= 0.6 is 11.6 Å². The second kappa shape index (κ2) is 9.32. The molecule has 0 aromatic heterocycles. The number of urea groups is 1. The molecular weight excluding hydrogens is 511 g/mol. The summed E-state index contributed by atoms with van der Waals surface area (Å²) in [5, 5.41) is 5.48. The number of amides is 3. The van der Waals surface area contributed by atoms with E-state index in [4.69, 9.17) is 21.1 Å².